The van der Waals surface area contributed by atoms with E-state index in [1.807, 2.05) is 39.8 Å². The number of piperazine rings is 1. The predicted octanol–water partition coefficient (Wildman–Crippen LogP) is 5.22. The smallest absolute Gasteiger partial charge is 0.410 e. The van der Waals surface area contributed by atoms with Gasteiger partial charge in [0.2, 0.25) is 5.95 Å². The molecule has 0 aliphatic carbocycles. The van der Waals surface area contributed by atoms with Crippen molar-refractivity contribution in [3.05, 3.63) is 59.9 Å². The SMILES string of the molecule is Cc1cc(-c2cc3nc(Nc4cc(C(C)N5CCN(C(=O)OC(C)(C)C)CC5)ccn4)[nH]c3cc2F)ncn1. The van der Waals surface area contributed by atoms with Crippen LogP contribution in [0, 0.1) is 12.7 Å². The molecule has 10 nitrogen and oxygen atoms in total. The van der Waals surface area contributed by atoms with Gasteiger partial charge in [0.05, 0.1) is 16.7 Å². The summed E-state index contributed by atoms with van der Waals surface area (Å²) in [6, 6.07) is 8.93. The number of pyridine rings is 1. The van der Waals surface area contributed by atoms with Crippen molar-refractivity contribution in [2.75, 3.05) is 31.5 Å². The number of anilines is 2. The van der Waals surface area contributed by atoms with Crippen molar-refractivity contribution in [1.29, 1.82) is 0 Å². The Morgan fingerprint density at radius 3 is 2.59 bits per heavy atom. The Morgan fingerprint density at radius 2 is 1.87 bits per heavy atom. The number of halogens is 1. The number of aromatic nitrogens is 5. The van der Waals surface area contributed by atoms with E-state index in [0.717, 1.165) is 24.3 Å². The van der Waals surface area contributed by atoms with Gasteiger partial charge in [0.25, 0.3) is 0 Å². The molecule has 5 rings (SSSR count). The number of amides is 1. The molecule has 4 aromatic rings. The van der Waals surface area contributed by atoms with Gasteiger partial charge in [-0.3, -0.25) is 4.90 Å². The monoisotopic (exact) mass is 532 g/mol. The van der Waals surface area contributed by atoms with Gasteiger partial charge in [-0.05, 0) is 64.4 Å². The van der Waals surface area contributed by atoms with E-state index in [-0.39, 0.29) is 12.1 Å². The van der Waals surface area contributed by atoms with Gasteiger partial charge in [0.1, 0.15) is 23.6 Å². The summed E-state index contributed by atoms with van der Waals surface area (Å²) in [4.78, 5) is 36.9. The number of benzene rings is 1. The van der Waals surface area contributed by atoms with Gasteiger partial charge >= 0.3 is 6.09 Å². The third kappa shape index (κ3) is 6.14. The molecule has 1 amide bonds. The molecule has 1 aliphatic heterocycles. The molecular weight excluding hydrogens is 499 g/mol. The van der Waals surface area contributed by atoms with Crippen molar-refractivity contribution < 1.29 is 13.9 Å². The fourth-order valence-corrected chi connectivity index (χ4v) is 4.61. The lowest BCUT2D eigenvalue weighted by molar-refractivity contribution is 0.0110. The van der Waals surface area contributed by atoms with Crippen molar-refractivity contribution >= 4 is 28.9 Å². The second kappa shape index (κ2) is 10.6. The van der Waals surface area contributed by atoms with E-state index in [0.29, 0.717) is 47.1 Å². The maximum atomic E-state index is 14.9. The molecule has 1 atom stereocenters. The van der Waals surface area contributed by atoms with Gasteiger partial charge < -0.3 is 19.9 Å². The second-order valence-corrected chi connectivity index (χ2v) is 10.8. The van der Waals surface area contributed by atoms with Crippen molar-refractivity contribution in [2.45, 2.75) is 46.3 Å². The lowest BCUT2D eigenvalue weighted by Crippen LogP contribution is -2.50. The molecule has 0 bridgehead atoms. The highest BCUT2D eigenvalue weighted by atomic mass is 19.1. The average Bonchev–Trinajstić information content (AvgIpc) is 3.27. The summed E-state index contributed by atoms with van der Waals surface area (Å²) < 4.78 is 20.4. The van der Waals surface area contributed by atoms with Crippen LogP contribution in [0.15, 0.2) is 42.9 Å². The molecular formula is C28H33FN8O2. The van der Waals surface area contributed by atoms with E-state index in [4.69, 9.17) is 4.74 Å². The van der Waals surface area contributed by atoms with Crippen molar-refractivity contribution in [3.63, 3.8) is 0 Å². The lowest BCUT2D eigenvalue weighted by atomic mass is 10.1. The van der Waals surface area contributed by atoms with Crippen LogP contribution in [0.4, 0.5) is 21.0 Å². The number of ether oxygens (including phenoxy) is 1. The number of rotatable bonds is 5. The Kier molecular flexibility index (Phi) is 7.17. The number of aromatic amines is 1. The molecule has 0 saturated carbocycles. The molecule has 0 radical (unpaired) electrons. The predicted molar refractivity (Wildman–Crippen MR) is 147 cm³/mol. The van der Waals surface area contributed by atoms with Crippen LogP contribution < -0.4 is 5.32 Å². The van der Waals surface area contributed by atoms with E-state index in [1.165, 1.54) is 12.4 Å². The summed E-state index contributed by atoms with van der Waals surface area (Å²) in [5, 5.41) is 3.21. The number of H-pyrrole nitrogens is 1. The van der Waals surface area contributed by atoms with Crippen molar-refractivity contribution in [1.82, 2.24) is 34.7 Å². The van der Waals surface area contributed by atoms with Crippen molar-refractivity contribution in [3.8, 4) is 11.3 Å². The number of imidazole rings is 1. The minimum atomic E-state index is -0.506. The first kappa shape index (κ1) is 26.5. The van der Waals surface area contributed by atoms with Crippen LogP contribution in [0.5, 0.6) is 0 Å². The quantitative estimate of drug-likeness (QED) is 0.360. The zero-order chi connectivity index (χ0) is 27.7. The Hall–Kier alpha value is -4.12. The maximum Gasteiger partial charge on any atom is 0.410 e. The van der Waals surface area contributed by atoms with E-state index < -0.39 is 11.4 Å². The van der Waals surface area contributed by atoms with Crippen LogP contribution in [0.3, 0.4) is 0 Å². The van der Waals surface area contributed by atoms with E-state index in [9.17, 15) is 9.18 Å². The number of fused-ring (bicyclic) bond motifs is 1. The molecule has 11 heteroatoms. The molecule has 1 unspecified atom stereocenters. The highest BCUT2D eigenvalue weighted by molar-refractivity contribution is 5.83. The number of aryl methyl sites for hydroxylation is 1. The van der Waals surface area contributed by atoms with Gasteiger partial charge in [-0.1, -0.05) is 0 Å². The van der Waals surface area contributed by atoms with Gasteiger partial charge in [-0.2, -0.15) is 0 Å². The Bertz CT molecular complexity index is 1490. The lowest BCUT2D eigenvalue weighted by Gasteiger charge is -2.38. The van der Waals surface area contributed by atoms with Gasteiger partial charge in [0, 0.05) is 55.7 Å². The zero-order valence-corrected chi connectivity index (χ0v) is 22.8. The third-order valence-corrected chi connectivity index (χ3v) is 6.68. The maximum absolute atomic E-state index is 14.9. The third-order valence-electron chi connectivity index (χ3n) is 6.68. The molecule has 0 spiro atoms. The van der Waals surface area contributed by atoms with Crippen molar-refractivity contribution in [2.24, 2.45) is 0 Å². The number of hydrogen-bond acceptors (Lipinski definition) is 8. The molecule has 3 aromatic heterocycles. The molecule has 204 valence electrons. The summed E-state index contributed by atoms with van der Waals surface area (Å²) in [7, 11) is 0. The Labute approximate surface area is 226 Å². The van der Waals surface area contributed by atoms with Crippen LogP contribution in [-0.4, -0.2) is 72.6 Å². The first-order chi connectivity index (χ1) is 18.6. The topological polar surface area (TPSA) is 112 Å². The molecule has 39 heavy (non-hydrogen) atoms. The number of carbonyl (C=O) groups excluding carboxylic acids is 1. The minimum Gasteiger partial charge on any atom is -0.444 e. The second-order valence-electron chi connectivity index (χ2n) is 10.8. The highest BCUT2D eigenvalue weighted by Gasteiger charge is 2.28. The summed E-state index contributed by atoms with van der Waals surface area (Å²) in [6.45, 7) is 12.3. The van der Waals surface area contributed by atoms with E-state index in [2.05, 4.69) is 42.1 Å². The summed E-state index contributed by atoms with van der Waals surface area (Å²) in [5.41, 5.74) is 3.39. The standard InChI is InChI=1S/C28H33FN8O2/c1-17-12-22(32-16-31-17)20-14-23-24(15-21(20)29)34-26(33-23)35-25-13-19(6-7-30-25)18(2)36-8-10-37(11-9-36)27(38)39-28(3,4)5/h6-7,12-16,18H,8-11H2,1-5H3,(H2,30,33,34,35). The normalized spacial score (nSPS) is 15.4. The number of nitrogens with zero attached hydrogens (tertiary/aromatic N) is 6. The Balaban J connectivity index is 1.27. The molecule has 1 aliphatic rings. The first-order valence-electron chi connectivity index (χ1n) is 13.0. The van der Waals surface area contributed by atoms with Crippen LogP contribution in [-0.2, 0) is 4.74 Å². The summed E-state index contributed by atoms with van der Waals surface area (Å²) >= 11 is 0. The fraction of sp³-hybridized carbons (Fsp3) is 0.393. The van der Waals surface area contributed by atoms with Gasteiger partial charge in [0.15, 0.2) is 0 Å². The largest absolute Gasteiger partial charge is 0.444 e. The highest BCUT2D eigenvalue weighted by Crippen LogP contribution is 2.28. The molecule has 1 saturated heterocycles. The molecule has 4 heterocycles. The summed E-state index contributed by atoms with van der Waals surface area (Å²) in [5.74, 6) is 0.693. The van der Waals surface area contributed by atoms with E-state index >= 15 is 0 Å². The van der Waals surface area contributed by atoms with Gasteiger partial charge in [-0.25, -0.2) is 29.1 Å². The van der Waals surface area contributed by atoms with Crippen LogP contribution in [0.2, 0.25) is 0 Å². The summed E-state index contributed by atoms with van der Waals surface area (Å²) in [6.07, 6.45) is 2.91. The molecule has 1 fully saturated rings. The van der Waals surface area contributed by atoms with Crippen LogP contribution in [0.25, 0.3) is 22.3 Å². The molecule has 1 aromatic carbocycles. The van der Waals surface area contributed by atoms with E-state index in [1.54, 1.807) is 23.2 Å². The molecule has 2 N–H and O–H groups in total. The van der Waals surface area contributed by atoms with Crippen LogP contribution >= 0.6 is 0 Å². The average molecular weight is 533 g/mol. The Morgan fingerprint density at radius 1 is 1.10 bits per heavy atom. The number of hydrogen-bond donors (Lipinski definition) is 2. The number of nitrogens with one attached hydrogen (secondary N) is 2. The number of carbonyl (C=O) groups is 1. The van der Waals surface area contributed by atoms with Crippen LogP contribution in [0.1, 0.15) is 45.0 Å². The first-order valence-corrected chi connectivity index (χ1v) is 13.0. The van der Waals surface area contributed by atoms with Gasteiger partial charge in [-0.15, -0.1) is 0 Å². The minimum absolute atomic E-state index is 0.123. The fourth-order valence-electron chi connectivity index (χ4n) is 4.61. The zero-order valence-electron chi connectivity index (χ0n) is 22.8.